The average Bonchev–Trinajstić information content (AvgIpc) is 3.06. The predicted molar refractivity (Wildman–Crippen MR) is 90.7 cm³/mol. The largest absolute Gasteiger partial charge is 0.465 e. The van der Waals surface area contributed by atoms with Gasteiger partial charge in [-0.1, -0.05) is 30.2 Å². The average molecular weight is 323 g/mol. The first-order valence-electron chi connectivity index (χ1n) is 8.44. The second kappa shape index (κ2) is 6.92. The van der Waals surface area contributed by atoms with E-state index in [1.54, 1.807) is 4.90 Å². The van der Waals surface area contributed by atoms with Crippen LogP contribution in [0.5, 0.6) is 0 Å². The van der Waals surface area contributed by atoms with E-state index in [-0.39, 0.29) is 11.9 Å². The number of carbonyl (C=O) groups is 2. The van der Waals surface area contributed by atoms with Crippen molar-refractivity contribution in [2.75, 3.05) is 13.2 Å². The van der Waals surface area contributed by atoms with E-state index in [1.807, 2.05) is 43.3 Å². The Morgan fingerprint density at radius 3 is 2.79 bits per heavy atom. The number of ether oxygens (including phenoxy) is 1. The highest BCUT2D eigenvalue weighted by Crippen LogP contribution is 2.48. The van der Waals surface area contributed by atoms with Crippen LogP contribution in [0.2, 0.25) is 0 Å². The van der Waals surface area contributed by atoms with E-state index in [0.717, 1.165) is 36.9 Å². The molecule has 124 valence electrons. The Labute approximate surface area is 142 Å². The maximum Gasteiger partial charge on any atom is 0.318 e. The van der Waals surface area contributed by atoms with Gasteiger partial charge >= 0.3 is 11.9 Å². The van der Waals surface area contributed by atoms with E-state index in [0.29, 0.717) is 13.2 Å². The molecule has 1 aliphatic carbocycles. The Morgan fingerprint density at radius 1 is 1.25 bits per heavy atom. The first kappa shape index (κ1) is 16.3. The van der Waals surface area contributed by atoms with Crippen molar-refractivity contribution in [2.45, 2.75) is 32.6 Å². The molecule has 1 heterocycles. The summed E-state index contributed by atoms with van der Waals surface area (Å²) < 4.78 is 5.29. The Bertz CT molecular complexity index is 726. The van der Waals surface area contributed by atoms with E-state index < -0.39 is 5.41 Å². The third-order valence-electron chi connectivity index (χ3n) is 4.67. The molecule has 1 fully saturated rings. The molecule has 24 heavy (non-hydrogen) atoms. The highest BCUT2D eigenvalue weighted by Gasteiger charge is 2.50. The number of nitrogens with zero attached hydrogens (tertiary/aromatic N) is 1. The SMILES string of the molecule is CCOC(=O)C12CCC=C1N(C(=O)C#Cc1ccccc1)CCC2. The van der Waals surface area contributed by atoms with Gasteiger partial charge < -0.3 is 9.64 Å². The van der Waals surface area contributed by atoms with E-state index in [9.17, 15) is 9.59 Å². The maximum atomic E-state index is 12.6. The number of esters is 1. The second-order valence-electron chi connectivity index (χ2n) is 6.11. The van der Waals surface area contributed by atoms with Crippen molar-refractivity contribution in [1.29, 1.82) is 0 Å². The van der Waals surface area contributed by atoms with Gasteiger partial charge in [0.25, 0.3) is 0 Å². The number of amides is 1. The zero-order chi connectivity index (χ0) is 17.0. The molecule has 1 amide bonds. The number of rotatable bonds is 2. The van der Waals surface area contributed by atoms with Crippen molar-refractivity contribution < 1.29 is 14.3 Å². The van der Waals surface area contributed by atoms with Gasteiger partial charge in [0, 0.05) is 23.7 Å². The fourth-order valence-corrected chi connectivity index (χ4v) is 3.56. The van der Waals surface area contributed by atoms with Crippen LogP contribution in [0.1, 0.15) is 38.2 Å². The smallest absolute Gasteiger partial charge is 0.318 e. The van der Waals surface area contributed by atoms with Crippen molar-refractivity contribution >= 4 is 11.9 Å². The van der Waals surface area contributed by atoms with Crippen LogP contribution in [-0.4, -0.2) is 29.9 Å². The van der Waals surface area contributed by atoms with Gasteiger partial charge in [-0.3, -0.25) is 9.59 Å². The van der Waals surface area contributed by atoms with Crippen LogP contribution in [0.3, 0.4) is 0 Å². The fraction of sp³-hybridized carbons (Fsp3) is 0.400. The molecule has 0 spiro atoms. The fourth-order valence-electron chi connectivity index (χ4n) is 3.56. The molecule has 0 radical (unpaired) electrons. The molecule has 1 aliphatic heterocycles. The lowest BCUT2D eigenvalue weighted by molar-refractivity contribution is -0.156. The van der Waals surface area contributed by atoms with Crippen LogP contribution < -0.4 is 0 Å². The number of benzene rings is 1. The van der Waals surface area contributed by atoms with Crippen LogP contribution in [0.4, 0.5) is 0 Å². The molecule has 1 unspecified atom stereocenters. The van der Waals surface area contributed by atoms with Crippen molar-refractivity contribution in [3.63, 3.8) is 0 Å². The summed E-state index contributed by atoms with van der Waals surface area (Å²) >= 11 is 0. The summed E-state index contributed by atoms with van der Waals surface area (Å²) in [4.78, 5) is 26.8. The van der Waals surface area contributed by atoms with Crippen molar-refractivity contribution in [3.05, 3.63) is 47.7 Å². The number of likely N-dealkylation sites (tertiary alicyclic amines) is 1. The van der Waals surface area contributed by atoms with Gasteiger partial charge in [-0.15, -0.1) is 0 Å². The number of piperidine rings is 1. The van der Waals surface area contributed by atoms with Gasteiger partial charge in [0.2, 0.25) is 0 Å². The van der Waals surface area contributed by atoms with Gasteiger partial charge in [0.1, 0.15) is 5.41 Å². The van der Waals surface area contributed by atoms with Crippen LogP contribution >= 0.6 is 0 Å². The normalized spacial score (nSPS) is 22.0. The maximum absolute atomic E-state index is 12.6. The number of hydrogen-bond acceptors (Lipinski definition) is 3. The molecule has 0 N–H and O–H groups in total. The standard InChI is InChI=1S/C20H21NO3/c1-2-24-19(23)20-13-6-10-17(20)21(15-7-14-20)18(22)12-11-16-8-4-3-5-9-16/h3-5,8-10H,2,6-7,13-15H2,1H3. The molecule has 0 bridgehead atoms. The lowest BCUT2D eigenvalue weighted by Gasteiger charge is -2.40. The molecule has 2 aliphatic rings. The van der Waals surface area contributed by atoms with Crippen LogP contribution in [0.15, 0.2) is 42.1 Å². The zero-order valence-electron chi connectivity index (χ0n) is 13.9. The third kappa shape index (κ3) is 2.94. The Kier molecular flexibility index (Phi) is 4.71. The molecule has 1 saturated heterocycles. The molecule has 4 nitrogen and oxygen atoms in total. The molecule has 0 saturated carbocycles. The van der Waals surface area contributed by atoms with Gasteiger partial charge in [0.05, 0.1) is 6.61 Å². The third-order valence-corrected chi connectivity index (χ3v) is 4.67. The summed E-state index contributed by atoms with van der Waals surface area (Å²) in [6.07, 6.45) is 5.04. The van der Waals surface area contributed by atoms with Crippen LogP contribution in [-0.2, 0) is 14.3 Å². The lowest BCUT2D eigenvalue weighted by atomic mass is 9.77. The predicted octanol–water partition coefficient (Wildman–Crippen LogP) is 2.89. The van der Waals surface area contributed by atoms with E-state index in [1.165, 1.54) is 0 Å². The highest BCUT2D eigenvalue weighted by atomic mass is 16.5. The second-order valence-corrected chi connectivity index (χ2v) is 6.11. The topological polar surface area (TPSA) is 46.6 Å². The Hall–Kier alpha value is -2.54. The van der Waals surface area contributed by atoms with Gasteiger partial charge in [0.15, 0.2) is 0 Å². The first-order valence-corrected chi connectivity index (χ1v) is 8.44. The quantitative estimate of drug-likeness (QED) is 0.621. The minimum Gasteiger partial charge on any atom is -0.465 e. The monoisotopic (exact) mass is 323 g/mol. The number of allylic oxidation sites excluding steroid dienone is 1. The molecule has 1 aromatic rings. The molecule has 4 heteroatoms. The minimum atomic E-state index is -0.654. The summed E-state index contributed by atoms with van der Waals surface area (Å²) in [6.45, 7) is 2.77. The van der Waals surface area contributed by atoms with Gasteiger partial charge in [-0.2, -0.15) is 0 Å². The van der Waals surface area contributed by atoms with Crippen LogP contribution in [0, 0.1) is 17.3 Å². The van der Waals surface area contributed by atoms with E-state index in [4.69, 9.17) is 4.74 Å². The molecule has 1 aromatic carbocycles. The van der Waals surface area contributed by atoms with Crippen molar-refractivity contribution in [1.82, 2.24) is 4.90 Å². The number of carbonyl (C=O) groups excluding carboxylic acids is 2. The number of fused-ring (bicyclic) bond motifs is 1. The minimum absolute atomic E-state index is 0.206. The Balaban J connectivity index is 1.83. The summed E-state index contributed by atoms with van der Waals surface area (Å²) in [7, 11) is 0. The summed E-state index contributed by atoms with van der Waals surface area (Å²) in [6, 6.07) is 9.43. The van der Waals surface area contributed by atoms with Gasteiger partial charge in [-0.05, 0) is 44.7 Å². The molecular formula is C20H21NO3. The highest BCUT2D eigenvalue weighted by molar-refractivity contribution is 5.97. The molecule has 1 atom stereocenters. The molecular weight excluding hydrogens is 302 g/mol. The summed E-state index contributed by atoms with van der Waals surface area (Å²) in [5.41, 5.74) is 0.942. The van der Waals surface area contributed by atoms with E-state index >= 15 is 0 Å². The van der Waals surface area contributed by atoms with Crippen molar-refractivity contribution in [2.24, 2.45) is 5.41 Å². The first-order chi connectivity index (χ1) is 11.7. The molecule has 3 rings (SSSR count). The molecule has 0 aromatic heterocycles. The van der Waals surface area contributed by atoms with Crippen LogP contribution in [0.25, 0.3) is 0 Å². The summed E-state index contributed by atoms with van der Waals surface area (Å²) in [5, 5.41) is 0. The number of hydrogen-bond donors (Lipinski definition) is 0. The summed E-state index contributed by atoms with van der Waals surface area (Å²) in [5.74, 6) is 5.16. The van der Waals surface area contributed by atoms with Gasteiger partial charge in [-0.25, -0.2) is 0 Å². The zero-order valence-corrected chi connectivity index (χ0v) is 13.9. The van der Waals surface area contributed by atoms with E-state index in [2.05, 4.69) is 11.8 Å². The van der Waals surface area contributed by atoms with Crippen molar-refractivity contribution in [3.8, 4) is 11.8 Å². The Morgan fingerprint density at radius 2 is 2.04 bits per heavy atom. The lowest BCUT2D eigenvalue weighted by Crippen LogP contribution is -2.46.